The van der Waals surface area contributed by atoms with Gasteiger partial charge in [0.2, 0.25) is 0 Å². The molecular weight excluding hydrogens is 432 g/mol. The summed E-state index contributed by atoms with van der Waals surface area (Å²) in [5.41, 5.74) is 3.75. The number of rotatable bonds is 7. The second-order valence-electron chi connectivity index (χ2n) is 6.80. The summed E-state index contributed by atoms with van der Waals surface area (Å²) in [6.45, 7) is 0.373. The lowest BCUT2D eigenvalue weighted by Crippen LogP contribution is -2.23. The minimum atomic E-state index is -0.135. The Balaban J connectivity index is 1.62. The third kappa shape index (κ3) is 4.45. The van der Waals surface area contributed by atoms with Crippen LogP contribution in [0, 0.1) is 0 Å². The summed E-state index contributed by atoms with van der Waals surface area (Å²) in [7, 11) is 3.19. The van der Waals surface area contributed by atoms with E-state index in [0.29, 0.717) is 27.9 Å². The van der Waals surface area contributed by atoms with Gasteiger partial charge in [-0.2, -0.15) is 0 Å². The predicted molar refractivity (Wildman–Crippen MR) is 125 cm³/mol. The van der Waals surface area contributed by atoms with E-state index in [9.17, 15) is 4.79 Å². The van der Waals surface area contributed by atoms with E-state index in [1.54, 1.807) is 14.2 Å². The molecule has 7 heteroatoms. The van der Waals surface area contributed by atoms with Gasteiger partial charge in [0.15, 0.2) is 11.5 Å². The van der Waals surface area contributed by atoms with Crippen LogP contribution in [-0.4, -0.2) is 24.7 Å². The lowest BCUT2D eigenvalue weighted by molar-refractivity contribution is 0.0955. The molecule has 0 fully saturated rings. The Morgan fingerprint density at radius 2 is 1.74 bits per heavy atom. The number of thiophene rings is 1. The SMILES string of the molecule is COc1ccc(CNC(=O)c2scc(-c3ccc(Cl)cc3)c2-n2cccc2)cc1OC. The Hall–Kier alpha value is -3.22. The first kappa shape index (κ1) is 21.0. The smallest absolute Gasteiger partial charge is 0.263 e. The van der Waals surface area contributed by atoms with Crippen LogP contribution in [0.4, 0.5) is 0 Å². The number of methoxy groups -OCH3 is 2. The molecule has 1 N–H and O–H groups in total. The Labute approximate surface area is 189 Å². The zero-order valence-electron chi connectivity index (χ0n) is 17.1. The Morgan fingerprint density at radius 1 is 1.03 bits per heavy atom. The Morgan fingerprint density at radius 3 is 2.42 bits per heavy atom. The predicted octanol–water partition coefficient (Wildman–Crippen LogP) is 5.81. The van der Waals surface area contributed by atoms with Crippen molar-refractivity contribution in [1.29, 1.82) is 0 Å². The van der Waals surface area contributed by atoms with E-state index in [0.717, 1.165) is 22.4 Å². The van der Waals surface area contributed by atoms with Gasteiger partial charge in [0.25, 0.3) is 5.91 Å². The number of halogens is 1. The molecule has 158 valence electrons. The van der Waals surface area contributed by atoms with Gasteiger partial charge in [-0.25, -0.2) is 0 Å². The number of carbonyl (C=O) groups is 1. The van der Waals surface area contributed by atoms with E-state index in [2.05, 4.69) is 5.32 Å². The molecule has 5 nitrogen and oxygen atoms in total. The molecule has 0 aliphatic rings. The molecule has 4 aromatic rings. The van der Waals surface area contributed by atoms with Crippen molar-refractivity contribution >= 4 is 28.8 Å². The number of nitrogens with zero attached hydrogens (tertiary/aromatic N) is 1. The number of ether oxygens (including phenoxy) is 2. The molecular formula is C24H21ClN2O3S. The number of carbonyl (C=O) groups excluding carboxylic acids is 1. The van der Waals surface area contributed by atoms with Crippen LogP contribution >= 0.6 is 22.9 Å². The molecule has 1 amide bonds. The molecule has 0 radical (unpaired) electrons. The van der Waals surface area contributed by atoms with Crippen molar-refractivity contribution in [3.8, 4) is 28.3 Å². The molecule has 0 saturated heterocycles. The van der Waals surface area contributed by atoms with Crippen LogP contribution in [-0.2, 0) is 6.54 Å². The van der Waals surface area contributed by atoms with E-state index in [-0.39, 0.29) is 5.91 Å². The highest BCUT2D eigenvalue weighted by Gasteiger charge is 2.20. The lowest BCUT2D eigenvalue weighted by atomic mass is 10.1. The van der Waals surface area contributed by atoms with Crippen LogP contribution in [0.2, 0.25) is 5.02 Å². The van der Waals surface area contributed by atoms with Gasteiger partial charge in [0.05, 0.1) is 19.9 Å². The molecule has 2 aromatic heterocycles. The summed E-state index contributed by atoms with van der Waals surface area (Å²) in [6.07, 6.45) is 3.87. The minimum absolute atomic E-state index is 0.135. The zero-order chi connectivity index (χ0) is 21.8. The first-order valence-corrected chi connectivity index (χ1v) is 10.9. The number of hydrogen-bond donors (Lipinski definition) is 1. The summed E-state index contributed by atoms with van der Waals surface area (Å²) in [6, 6.07) is 17.1. The number of benzene rings is 2. The monoisotopic (exact) mass is 452 g/mol. The van der Waals surface area contributed by atoms with Crippen LogP contribution in [0.15, 0.2) is 72.4 Å². The highest BCUT2D eigenvalue weighted by molar-refractivity contribution is 7.13. The quantitative estimate of drug-likeness (QED) is 0.385. The first-order valence-electron chi connectivity index (χ1n) is 9.60. The van der Waals surface area contributed by atoms with Crippen LogP contribution in [0.25, 0.3) is 16.8 Å². The van der Waals surface area contributed by atoms with Crippen molar-refractivity contribution < 1.29 is 14.3 Å². The van der Waals surface area contributed by atoms with E-state index in [4.69, 9.17) is 21.1 Å². The fourth-order valence-corrected chi connectivity index (χ4v) is 4.46. The Kier molecular flexibility index (Phi) is 6.30. The molecule has 0 saturated carbocycles. The van der Waals surface area contributed by atoms with Gasteiger partial charge in [-0.15, -0.1) is 11.3 Å². The van der Waals surface area contributed by atoms with Gasteiger partial charge >= 0.3 is 0 Å². The summed E-state index contributed by atoms with van der Waals surface area (Å²) < 4.78 is 12.6. The molecule has 2 aromatic carbocycles. The second kappa shape index (κ2) is 9.29. The van der Waals surface area contributed by atoms with Crippen LogP contribution < -0.4 is 14.8 Å². The highest BCUT2D eigenvalue weighted by Crippen LogP contribution is 2.35. The maximum Gasteiger partial charge on any atom is 0.263 e. The molecule has 0 unspecified atom stereocenters. The normalized spacial score (nSPS) is 10.7. The van der Waals surface area contributed by atoms with Crippen molar-refractivity contribution in [3.63, 3.8) is 0 Å². The fourth-order valence-electron chi connectivity index (χ4n) is 3.34. The van der Waals surface area contributed by atoms with Crippen molar-refractivity contribution in [2.45, 2.75) is 6.54 Å². The largest absolute Gasteiger partial charge is 0.493 e. The van der Waals surface area contributed by atoms with Crippen molar-refractivity contribution in [1.82, 2.24) is 9.88 Å². The van der Waals surface area contributed by atoms with Gasteiger partial charge in [-0.05, 0) is 47.5 Å². The van der Waals surface area contributed by atoms with Crippen molar-refractivity contribution in [3.05, 3.63) is 87.8 Å². The molecule has 2 heterocycles. The molecule has 0 atom stereocenters. The highest BCUT2D eigenvalue weighted by atomic mass is 35.5. The molecule has 4 rings (SSSR count). The molecule has 0 aliphatic carbocycles. The average molecular weight is 453 g/mol. The maximum atomic E-state index is 13.1. The standard InChI is InChI=1S/C24H21ClN2O3S/c1-29-20-10-5-16(13-21(20)30-2)14-26-24(28)23-22(27-11-3-4-12-27)19(15-31-23)17-6-8-18(25)9-7-17/h3-13,15H,14H2,1-2H3,(H,26,28). The topological polar surface area (TPSA) is 52.5 Å². The summed E-state index contributed by atoms with van der Waals surface area (Å²) >= 11 is 7.47. The number of aromatic nitrogens is 1. The molecule has 31 heavy (non-hydrogen) atoms. The molecule has 0 bridgehead atoms. The average Bonchev–Trinajstić information content (AvgIpc) is 3.47. The van der Waals surface area contributed by atoms with Crippen LogP contribution in [0.5, 0.6) is 11.5 Å². The van der Waals surface area contributed by atoms with E-state index in [1.807, 2.05) is 76.9 Å². The van der Waals surface area contributed by atoms with Crippen LogP contribution in [0.3, 0.4) is 0 Å². The maximum absolute atomic E-state index is 13.1. The van der Waals surface area contributed by atoms with Gasteiger partial charge in [-0.3, -0.25) is 4.79 Å². The van der Waals surface area contributed by atoms with Gasteiger partial charge in [-0.1, -0.05) is 29.8 Å². The van der Waals surface area contributed by atoms with Gasteiger partial charge < -0.3 is 19.4 Å². The Bertz CT molecular complexity index is 1180. The zero-order valence-corrected chi connectivity index (χ0v) is 18.7. The summed E-state index contributed by atoms with van der Waals surface area (Å²) in [5.74, 6) is 1.14. The minimum Gasteiger partial charge on any atom is -0.493 e. The number of hydrogen-bond acceptors (Lipinski definition) is 4. The van der Waals surface area contributed by atoms with E-state index < -0.39 is 0 Å². The third-order valence-electron chi connectivity index (χ3n) is 4.89. The number of amides is 1. The van der Waals surface area contributed by atoms with Crippen molar-refractivity contribution in [2.75, 3.05) is 14.2 Å². The summed E-state index contributed by atoms with van der Waals surface area (Å²) in [4.78, 5) is 13.8. The van der Waals surface area contributed by atoms with E-state index in [1.165, 1.54) is 11.3 Å². The first-order chi connectivity index (χ1) is 15.1. The van der Waals surface area contributed by atoms with Gasteiger partial charge in [0, 0.05) is 34.9 Å². The second-order valence-corrected chi connectivity index (χ2v) is 8.11. The molecule has 0 spiro atoms. The van der Waals surface area contributed by atoms with E-state index >= 15 is 0 Å². The summed E-state index contributed by atoms with van der Waals surface area (Å²) in [5, 5.41) is 5.70. The fraction of sp³-hybridized carbons (Fsp3) is 0.125. The van der Waals surface area contributed by atoms with Gasteiger partial charge in [0.1, 0.15) is 4.88 Å². The lowest BCUT2D eigenvalue weighted by Gasteiger charge is -2.12. The van der Waals surface area contributed by atoms with Crippen LogP contribution in [0.1, 0.15) is 15.2 Å². The van der Waals surface area contributed by atoms with Crippen molar-refractivity contribution in [2.24, 2.45) is 0 Å². The molecule has 0 aliphatic heterocycles. The number of nitrogens with one attached hydrogen (secondary N) is 1. The third-order valence-corrected chi connectivity index (χ3v) is 6.11.